The zero-order chi connectivity index (χ0) is 8.55. The topological polar surface area (TPSA) is 33.4 Å². The quantitative estimate of drug-likeness (QED) is 0.736. The zero-order valence-corrected chi connectivity index (χ0v) is 7.01. The van der Waals surface area contributed by atoms with Crippen molar-refractivity contribution in [1.82, 2.24) is 0 Å². The van der Waals surface area contributed by atoms with E-state index in [-0.39, 0.29) is 6.61 Å². The van der Waals surface area contributed by atoms with Crippen LogP contribution in [0, 0.1) is 0 Å². The summed E-state index contributed by atoms with van der Waals surface area (Å²) in [4.78, 5) is 0. The standard InChI is InChI=1S/C9H7ClO2/c10-8-1-2-9-6(3-4-12-9)7(8)5-11/h1-4,11H,5H2. The summed E-state index contributed by atoms with van der Waals surface area (Å²) in [6, 6.07) is 5.31. The van der Waals surface area contributed by atoms with Crippen LogP contribution in [0.1, 0.15) is 5.56 Å². The van der Waals surface area contributed by atoms with Crippen LogP contribution in [0.5, 0.6) is 0 Å². The lowest BCUT2D eigenvalue weighted by Crippen LogP contribution is -1.84. The van der Waals surface area contributed by atoms with Crippen LogP contribution in [0.15, 0.2) is 28.9 Å². The third-order valence-corrected chi connectivity index (χ3v) is 2.20. The van der Waals surface area contributed by atoms with Gasteiger partial charge >= 0.3 is 0 Å². The molecule has 0 bridgehead atoms. The molecule has 0 spiro atoms. The summed E-state index contributed by atoms with van der Waals surface area (Å²) in [5.41, 5.74) is 1.48. The van der Waals surface area contributed by atoms with E-state index in [1.54, 1.807) is 24.5 Å². The first kappa shape index (κ1) is 7.65. The Labute approximate surface area is 74.4 Å². The van der Waals surface area contributed by atoms with Crippen molar-refractivity contribution in [1.29, 1.82) is 0 Å². The van der Waals surface area contributed by atoms with Crippen LogP contribution >= 0.6 is 11.6 Å². The molecule has 0 aliphatic carbocycles. The van der Waals surface area contributed by atoms with Crippen LogP contribution < -0.4 is 0 Å². The van der Waals surface area contributed by atoms with Crippen LogP contribution in [-0.4, -0.2) is 5.11 Å². The molecule has 0 saturated heterocycles. The average molecular weight is 183 g/mol. The van der Waals surface area contributed by atoms with Gasteiger partial charge in [0.05, 0.1) is 12.9 Å². The minimum Gasteiger partial charge on any atom is -0.464 e. The fourth-order valence-corrected chi connectivity index (χ4v) is 1.46. The van der Waals surface area contributed by atoms with Crippen molar-refractivity contribution in [2.45, 2.75) is 6.61 Å². The number of rotatable bonds is 1. The van der Waals surface area contributed by atoms with E-state index in [1.807, 2.05) is 0 Å². The molecule has 2 rings (SSSR count). The molecule has 0 aliphatic rings. The fourth-order valence-electron chi connectivity index (χ4n) is 1.24. The third kappa shape index (κ3) is 1.00. The van der Waals surface area contributed by atoms with Gasteiger partial charge in [-0.25, -0.2) is 0 Å². The monoisotopic (exact) mass is 182 g/mol. The van der Waals surface area contributed by atoms with Crippen molar-refractivity contribution < 1.29 is 9.52 Å². The second-order valence-electron chi connectivity index (χ2n) is 2.52. The molecule has 0 amide bonds. The summed E-state index contributed by atoms with van der Waals surface area (Å²) in [5.74, 6) is 0. The van der Waals surface area contributed by atoms with E-state index in [0.29, 0.717) is 5.02 Å². The average Bonchev–Trinajstić information content (AvgIpc) is 2.52. The lowest BCUT2D eigenvalue weighted by molar-refractivity contribution is 0.283. The number of hydrogen-bond acceptors (Lipinski definition) is 2. The van der Waals surface area contributed by atoms with Crippen LogP contribution in [-0.2, 0) is 6.61 Å². The van der Waals surface area contributed by atoms with E-state index >= 15 is 0 Å². The van der Waals surface area contributed by atoms with Crippen molar-refractivity contribution in [2.24, 2.45) is 0 Å². The summed E-state index contributed by atoms with van der Waals surface area (Å²) in [6.07, 6.45) is 1.58. The molecule has 1 N–H and O–H groups in total. The Morgan fingerprint density at radius 2 is 2.17 bits per heavy atom. The van der Waals surface area contributed by atoms with Crippen LogP contribution in [0.4, 0.5) is 0 Å². The molecule has 3 heteroatoms. The zero-order valence-electron chi connectivity index (χ0n) is 6.25. The fraction of sp³-hybridized carbons (Fsp3) is 0.111. The van der Waals surface area contributed by atoms with Crippen molar-refractivity contribution in [3.8, 4) is 0 Å². The predicted molar refractivity (Wildman–Crippen MR) is 47.1 cm³/mol. The van der Waals surface area contributed by atoms with Gasteiger partial charge in [-0.05, 0) is 18.2 Å². The molecule has 0 fully saturated rings. The van der Waals surface area contributed by atoms with Crippen LogP contribution in [0.3, 0.4) is 0 Å². The number of furan rings is 1. The number of halogens is 1. The molecule has 62 valence electrons. The lowest BCUT2D eigenvalue weighted by Gasteiger charge is -1.99. The molecule has 1 heterocycles. The second kappa shape index (κ2) is 2.81. The predicted octanol–water partition coefficient (Wildman–Crippen LogP) is 2.58. The Balaban J connectivity index is 2.83. The molecule has 0 aliphatic heterocycles. The summed E-state index contributed by atoms with van der Waals surface area (Å²) in [5, 5.41) is 10.5. The molecular weight excluding hydrogens is 176 g/mol. The van der Waals surface area contributed by atoms with Gasteiger partial charge in [-0.1, -0.05) is 11.6 Å². The molecular formula is C9H7ClO2. The van der Waals surface area contributed by atoms with Crippen LogP contribution in [0.2, 0.25) is 5.02 Å². The SMILES string of the molecule is OCc1c(Cl)ccc2occc12. The minimum atomic E-state index is -0.0598. The van der Waals surface area contributed by atoms with Crippen molar-refractivity contribution in [3.05, 3.63) is 35.0 Å². The number of aliphatic hydroxyl groups is 1. The van der Waals surface area contributed by atoms with Gasteiger partial charge in [-0.15, -0.1) is 0 Å². The van der Waals surface area contributed by atoms with Gasteiger partial charge in [0, 0.05) is 16.0 Å². The van der Waals surface area contributed by atoms with E-state index in [4.69, 9.17) is 21.1 Å². The number of fused-ring (bicyclic) bond motifs is 1. The molecule has 2 nitrogen and oxygen atoms in total. The molecule has 0 radical (unpaired) electrons. The largest absolute Gasteiger partial charge is 0.464 e. The Hall–Kier alpha value is -0.990. The molecule has 0 atom stereocenters. The smallest absolute Gasteiger partial charge is 0.134 e. The first-order chi connectivity index (χ1) is 5.83. The highest BCUT2D eigenvalue weighted by Gasteiger charge is 2.06. The molecule has 12 heavy (non-hydrogen) atoms. The van der Waals surface area contributed by atoms with E-state index in [9.17, 15) is 0 Å². The molecule has 0 unspecified atom stereocenters. The molecule has 2 aromatic rings. The number of hydrogen-bond donors (Lipinski definition) is 1. The Kier molecular flexibility index (Phi) is 1.79. The third-order valence-electron chi connectivity index (χ3n) is 1.85. The van der Waals surface area contributed by atoms with Crippen molar-refractivity contribution >= 4 is 22.6 Å². The van der Waals surface area contributed by atoms with Gasteiger partial charge in [-0.3, -0.25) is 0 Å². The number of aliphatic hydroxyl groups excluding tert-OH is 1. The summed E-state index contributed by atoms with van der Waals surface area (Å²) >= 11 is 5.86. The van der Waals surface area contributed by atoms with Crippen LogP contribution in [0.25, 0.3) is 11.0 Å². The number of benzene rings is 1. The van der Waals surface area contributed by atoms with E-state index in [0.717, 1.165) is 16.5 Å². The summed E-state index contributed by atoms with van der Waals surface area (Å²) in [7, 11) is 0. The first-order valence-electron chi connectivity index (χ1n) is 3.58. The molecule has 1 aromatic heterocycles. The van der Waals surface area contributed by atoms with E-state index in [1.165, 1.54) is 0 Å². The van der Waals surface area contributed by atoms with Gasteiger partial charge in [0.15, 0.2) is 0 Å². The van der Waals surface area contributed by atoms with Gasteiger partial charge in [0.2, 0.25) is 0 Å². The summed E-state index contributed by atoms with van der Waals surface area (Å²) in [6.45, 7) is -0.0598. The highest BCUT2D eigenvalue weighted by molar-refractivity contribution is 6.32. The van der Waals surface area contributed by atoms with Crippen molar-refractivity contribution in [3.63, 3.8) is 0 Å². The molecule has 0 saturated carbocycles. The Bertz CT molecular complexity index is 406. The van der Waals surface area contributed by atoms with E-state index < -0.39 is 0 Å². The molecule has 1 aromatic carbocycles. The Morgan fingerprint density at radius 3 is 2.92 bits per heavy atom. The van der Waals surface area contributed by atoms with E-state index in [2.05, 4.69) is 0 Å². The van der Waals surface area contributed by atoms with Gasteiger partial charge < -0.3 is 9.52 Å². The highest BCUT2D eigenvalue weighted by atomic mass is 35.5. The van der Waals surface area contributed by atoms with Crippen molar-refractivity contribution in [2.75, 3.05) is 0 Å². The maximum atomic E-state index is 9.01. The second-order valence-corrected chi connectivity index (χ2v) is 2.92. The van der Waals surface area contributed by atoms with Gasteiger partial charge in [0.25, 0.3) is 0 Å². The highest BCUT2D eigenvalue weighted by Crippen LogP contribution is 2.26. The summed E-state index contributed by atoms with van der Waals surface area (Å²) < 4.78 is 5.15. The maximum Gasteiger partial charge on any atom is 0.134 e. The van der Waals surface area contributed by atoms with Gasteiger partial charge in [0.1, 0.15) is 5.58 Å². The minimum absolute atomic E-state index is 0.0598. The Morgan fingerprint density at radius 1 is 1.33 bits per heavy atom. The normalized spacial score (nSPS) is 10.8. The maximum absolute atomic E-state index is 9.01. The first-order valence-corrected chi connectivity index (χ1v) is 3.96. The lowest BCUT2D eigenvalue weighted by atomic mass is 10.1. The van der Waals surface area contributed by atoms with Gasteiger partial charge in [-0.2, -0.15) is 0 Å².